The first kappa shape index (κ1) is 16.8. The van der Waals surface area contributed by atoms with E-state index in [-0.39, 0.29) is 17.4 Å². The standard InChI is InChI=1S/C15H28F3N/c1-5-10-19-13(14(2,3)4)11-8-6-7-9-12(11)15(16,17)18/h11-13,19H,5-10H2,1-4H3. The molecule has 0 amide bonds. The first-order valence-electron chi connectivity index (χ1n) is 7.48. The molecule has 1 rings (SSSR count). The minimum Gasteiger partial charge on any atom is -0.313 e. The minimum absolute atomic E-state index is 0.0561. The molecule has 3 atom stereocenters. The summed E-state index contributed by atoms with van der Waals surface area (Å²) in [7, 11) is 0. The van der Waals surface area contributed by atoms with E-state index in [1.807, 2.05) is 20.8 Å². The largest absolute Gasteiger partial charge is 0.392 e. The third kappa shape index (κ3) is 4.66. The van der Waals surface area contributed by atoms with Gasteiger partial charge in [-0.1, -0.05) is 40.5 Å². The third-order valence-corrected chi connectivity index (χ3v) is 4.22. The van der Waals surface area contributed by atoms with Crippen molar-refractivity contribution in [1.29, 1.82) is 0 Å². The number of nitrogens with one attached hydrogen (secondary N) is 1. The van der Waals surface area contributed by atoms with E-state index in [1.54, 1.807) is 0 Å². The fourth-order valence-corrected chi connectivity index (χ4v) is 3.36. The number of hydrogen-bond acceptors (Lipinski definition) is 1. The Hall–Kier alpha value is -0.250. The smallest absolute Gasteiger partial charge is 0.313 e. The third-order valence-electron chi connectivity index (χ3n) is 4.22. The second-order valence-electron chi connectivity index (χ2n) is 6.89. The fraction of sp³-hybridized carbons (Fsp3) is 1.00. The molecule has 0 spiro atoms. The molecule has 0 radical (unpaired) electrons. The number of halogens is 3. The molecular weight excluding hydrogens is 251 g/mol. The van der Waals surface area contributed by atoms with Crippen LogP contribution in [0.15, 0.2) is 0 Å². The highest BCUT2D eigenvalue weighted by Gasteiger charge is 2.49. The predicted molar refractivity (Wildman–Crippen MR) is 73.0 cm³/mol. The van der Waals surface area contributed by atoms with E-state index in [1.165, 1.54) is 0 Å². The van der Waals surface area contributed by atoms with Crippen molar-refractivity contribution in [3.63, 3.8) is 0 Å². The summed E-state index contributed by atoms with van der Waals surface area (Å²) in [5, 5.41) is 3.38. The van der Waals surface area contributed by atoms with Crippen molar-refractivity contribution in [3.05, 3.63) is 0 Å². The maximum absolute atomic E-state index is 13.2. The highest BCUT2D eigenvalue weighted by Crippen LogP contribution is 2.45. The monoisotopic (exact) mass is 279 g/mol. The van der Waals surface area contributed by atoms with E-state index in [2.05, 4.69) is 12.2 Å². The molecule has 19 heavy (non-hydrogen) atoms. The van der Waals surface area contributed by atoms with E-state index >= 15 is 0 Å². The fourth-order valence-electron chi connectivity index (χ4n) is 3.36. The highest BCUT2D eigenvalue weighted by molar-refractivity contribution is 4.93. The summed E-state index contributed by atoms with van der Waals surface area (Å²) < 4.78 is 39.7. The second kappa shape index (κ2) is 6.47. The van der Waals surface area contributed by atoms with Gasteiger partial charge >= 0.3 is 6.18 Å². The Kier molecular flexibility index (Phi) is 5.72. The summed E-state index contributed by atoms with van der Waals surface area (Å²) in [6.45, 7) is 8.98. The summed E-state index contributed by atoms with van der Waals surface area (Å²) in [6, 6.07) is -0.0561. The Balaban J connectivity index is 2.90. The van der Waals surface area contributed by atoms with Gasteiger partial charge in [0.2, 0.25) is 0 Å². The molecule has 0 aromatic rings. The zero-order valence-corrected chi connectivity index (χ0v) is 12.6. The van der Waals surface area contributed by atoms with Gasteiger partial charge in [0.1, 0.15) is 0 Å². The van der Waals surface area contributed by atoms with Crippen molar-refractivity contribution >= 4 is 0 Å². The molecule has 1 N–H and O–H groups in total. The SMILES string of the molecule is CCCNC(C1CCCCC1C(F)(F)F)C(C)(C)C. The summed E-state index contributed by atoms with van der Waals surface area (Å²) in [5.74, 6) is -1.41. The van der Waals surface area contributed by atoms with Crippen LogP contribution in [0.25, 0.3) is 0 Å². The van der Waals surface area contributed by atoms with Crippen molar-refractivity contribution < 1.29 is 13.2 Å². The highest BCUT2D eigenvalue weighted by atomic mass is 19.4. The molecule has 1 fully saturated rings. The molecule has 0 bridgehead atoms. The molecule has 114 valence electrons. The van der Waals surface area contributed by atoms with Crippen LogP contribution in [0.2, 0.25) is 0 Å². The average Bonchev–Trinajstić information content (AvgIpc) is 2.27. The quantitative estimate of drug-likeness (QED) is 0.781. The van der Waals surface area contributed by atoms with Gasteiger partial charge in [0, 0.05) is 6.04 Å². The second-order valence-corrected chi connectivity index (χ2v) is 6.89. The van der Waals surface area contributed by atoms with Gasteiger partial charge in [0.15, 0.2) is 0 Å². The van der Waals surface area contributed by atoms with E-state index in [4.69, 9.17) is 0 Å². The van der Waals surface area contributed by atoms with Crippen LogP contribution in [-0.2, 0) is 0 Å². The van der Waals surface area contributed by atoms with Crippen LogP contribution in [0.4, 0.5) is 13.2 Å². The van der Waals surface area contributed by atoms with Crippen LogP contribution in [0.5, 0.6) is 0 Å². The zero-order valence-electron chi connectivity index (χ0n) is 12.6. The minimum atomic E-state index is -4.05. The summed E-state index contributed by atoms with van der Waals surface area (Å²) in [5.41, 5.74) is -0.138. The molecule has 0 saturated heterocycles. The summed E-state index contributed by atoms with van der Waals surface area (Å²) in [6.07, 6.45) is -0.460. The maximum Gasteiger partial charge on any atom is 0.392 e. The molecule has 0 aromatic carbocycles. The van der Waals surface area contributed by atoms with Gasteiger partial charge in [-0.05, 0) is 37.1 Å². The summed E-state index contributed by atoms with van der Waals surface area (Å²) in [4.78, 5) is 0. The number of rotatable bonds is 4. The lowest BCUT2D eigenvalue weighted by Gasteiger charge is -2.44. The molecule has 0 aromatic heterocycles. The number of hydrogen-bond donors (Lipinski definition) is 1. The Morgan fingerprint density at radius 1 is 1.11 bits per heavy atom. The molecule has 3 unspecified atom stereocenters. The molecule has 1 aliphatic carbocycles. The van der Waals surface area contributed by atoms with Gasteiger partial charge in [0.05, 0.1) is 5.92 Å². The van der Waals surface area contributed by atoms with E-state index in [0.29, 0.717) is 19.3 Å². The lowest BCUT2D eigenvalue weighted by molar-refractivity contribution is -0.202. The van der Waals surface area contributed by atoms with Crippen LogP contribution in [0, 0.1) is 17.3 Å². The average molecular weight is 279 g/mol. The van der Waals surface area contributed by atoms with Crippen LogP contribution >= 0.6 is 0 Å². The van der Waals surface area contributed by atoms with Gasteiger partial charge in [-0.15, -0.1) is 0 Å². The van der Waals surface area contributed by atoms with Crippen LogP contribution in [-0.4, -0.2) is 18.8 Å². The van der Waals surface area contributed by atoms with E-state index in [0.717, 1.165) is 19.4 Å². The lowest BCUT2D eigenvalue weighted by atomic mass is 9.67. The normalized spacial score (nSPS) is 27.3. The summed E-state index contributed by atoms with van der Waals surface area (Å²) >= 11 is 0. The van der Waals surface area contributed by atoms with E-state index < -0.39 is 12.1 Å². The van der Waals surface area contributed by atoms with Gasteiger partial charge in [-0.25, -0.2) is 0 Å². The molecule has 1 nitrogen and oxygen atoms in total. The number of alkyl halides is 3. The van der Waals surface area contributed by atoms with Gasteiger partial charge in [-0.2, -0.15) is 13.2 Å². The Morgan fingerprint density at radius 2 is 1.68 bits per heavy atom. The topological polar surface area (TPSA) is 12.0 Å². The van der Waals surface area contributed by atoms with Gasteiger partial charge < -0.3 is 5.32 Å². The predicted octanol–water partition coefficient (Wildman–Crippen LogP) is 4.77. The molecule has 4 heteroatoms. The van der Waals surface area contributed by atoms with Crippen molar-refractivity contribution in [2.45, 2.75) is 72.0 Å². The molecule has 1 saturated carbocycles. The van der Waals surface area contributed by atoms with Gasteiger partial charge in [-0.3, -0.25) is 0 Å². The Bertz CT molecular complexity index is 268. The van der Waals surface area contributed by atoms with E-state index in [9.17, 15) is 13.2 Å². The Morgan fingerprint density at radius 3 is 2.16 bits per heavy atom. The van der Waals surface area contributed by atoms with Crippen molar-refractivity contribution in [2.24, 2.45) is 17.3 Å². The molecule has 1 aliphatic rings. The maximum atomic E-state index is 13.2. The first-order valence-corrected chi connectivity index (χ1v) is 7.48. The Labute approximate surface area is 115 Å². The van der Waals surface area contributed by atoms with Gasteiger partial charge in [0.25, 0.3) is 0 Å². The first-order chi connectivity index (χ1) is 8.68. The van der Waals surface area contributed by atoms with Crippen molar-refractivity contribution in [3.8, 4) is 0 Å². The van der Waals surface area contributed by atoms with Crippen LogP contribution in [0.3, 0.4) is 0 Å². The van der Waals surface area contributed by atoms with Crippen LogP contribution in [0.1, 0.15) is 59.8 Å². The van der Waals surface area contributed by atoms with Crippen molar-refractivity contribution in [1.82, 2.24) is 5.32 Å². The van der Waals surface area contributed by atoms with Crippen LogP contribution < -0.4 is 5.32 Å². The molecule has 0 heterocycles. The molecule has 0 aliphatic heterocycles. The molecular formula is C15H28F3N. The zero-order chi connectivity index (χ0) is 14.7. The van der Waals surface area contributed by atoms with Crippen molar-refractivity contribution in [2.75, 3.05) is 6.54 Å². The lowest BCUT2D eigenvalue weighted by Crippen LogP contribution is -2.52.